The Morgan fingerprint density at radius 1 is 1.21 bits per heavy atom. The van der Waals surface area contributed by atoms with Crippen LogP contribution in [-0.4, -0.2) is 32.5 Å². The minimum atomic E-state index is -2.95. The zero-order valence-corrected chi connectivity index (χ0v) is 12.8. The molecule has 1 N–H and O–H groups in total. The number of hydrogen-bond acceptors (Lipinski definition) is 3. The van der Waals surface area contributed by atoms with E-state index in [1.54, 1.807) is 13.8 Å². The second-order valence-electron chi connectivity index (χ2n) is 5.92. The summed E-state index contributed by atoms with van der Waals surface area (Å²) in [6.45, 7) is 7.34. The Hall–Kier alpha value is -0.870. The Morgan fingerprint density at radius 2 is 1.79 bits per heavy atom. The summed E-state index contributed by atoms with van der Waals surface area (Å²) in [7, 11) is -2.95. The van der Waals surface area contributed by atoms with E-state index in [0.29, 0.717) is 6.42 Å². The molecule has 3 nitrogen and oxygen atoms in total. The molecule has 0 aromatic heterocycles. The Kier molecular flexibility index (Phi) is 4.02. The van der Waals surface area contributed by atoms with Crippen LogP contribution in [0.25, 0.3) is 0 Å². The van der Waals surface area contributed by atoms with Gasteiger partial charge in [-0.1, -0.05) is 29.8 Å². The van der Waals surface area contributed by atoms with Gasteiger partial charge < -0.3 is 5.32 Å². The van der Waals surface area contributed by atoms with Crippen LogP contribution in [-0.2, 0) is 15.3 Å². The van der Waals surface area contributed by atoms with E-state index >= 15 is 0 Å². The Labute approximate surface area is 116 Å². The third-order valence-electron chi connectivity index (χ3n) is 4.17. The molecule has 1 fully saturated rings. The van der Waals surface area contributed by atoms with Crippen molar-refractivity contribution in [3.05, 3.63) is 35.4 Å². The molecule has 0 spiro atoms. The highest BCUT2D eigenvalue weighted by Crippen LogP contribution is 2.33. The monoisotopic (exact) mass is 281 g/mol. The fourth-order valence-corrected chi connectivity index (χ4v) is 3.58. The van der Waals surface area contributed by atoms with Crippen molar-refractivity contribution in [3.8, 4) is 0 Å². The molecular formula is C15H23NO2S. The van der Waals surface area contributed by atoms with E-state index in [1.807, 2.05) is 0 Å². The minimum absolute atomic E-state index is 0.00958. The molecule has 0 aliphatic carbocycles. The van der Waals surface area contributed by atoms with Crippen LogP contribution in [0, 0.1) is 6.92 Å². The van der Waals surface area contributed by atoms with Crippen LogP contribution < -0.4 is 5.32 Å². The number of nitrogens with one attached hydrogen (secondary N) is 1. The van der Waals surface area contributed by atoms with E-state index in [1.165, 1.54) is 11.1 Å². The highest BCUT2D eigenvalue weighted by Gasteiger charge is 2.39. The van der Waals surface area contributed by atoms with Crippen LogP contribution in [0.3, 0.4) is 0 Å². The van der Waals surface area contributed by atoms with Crippen LogP contribution >= 0.6 is 0 Å². The first-order chi connectivity index (χ1) is 8.86. The van der Waals surface area contributed by atoms with Gasteiger partial charge in [0.15, 0.2) is 9.84 Å². The molecule has 4 heteroatoms. The van der Waals surface area contributed by atoms with Crippen molar-refractivity contribution in [1.82, 2.24) is 5.32 Å². The van der Waals surface area contributed by atoms with Gasteiger partial charge >= 0.3 is 0 Å². The van der Waals surface area contributed by atoms with E-state index in [9.17, 15) is 8.42 Å². The molecule has 0 bridgehead atoms. The molecule has 19 heavy (non-hydrogen) atoms. The van der Waals surface area contributed by atoms with Crippen LogP contribution in [0.5, 0.6) is 0 Å². The highest BCUT2D eigenvalue weighted by atomic mass is 32.2. The molecular weight excluding hydrogens is 258 g/mol. The van der Waals surface area contributed by atoms with Crippen molar-refractivity contribution in [1.29, 1.82) is 0 Å². The summed E-state index contributed by atoms with van der Waals surface area (Å²) >= 11 is 0. The number of hydrogen-bond donors (Lipinski definition) is 1. The lowest BCUT2D eigenvalue weighted by Gasteiger charge is -2.43. The summed E-state index contributed by atoms with van der Waals surface area (Å²) in [5.41, 5.74) is 2.51. The van der Waals surface area contributed by atoms with Gasteiger partial charge in [0.25, 0.3) is 0 Å². The van der Waals surface area contributed by atoms with Crippen molar-refractivity contribution in [2.45, 2.75) is 37.9 Å². The van der Waals surface area contributed by atoms with E-state index in [-0.39, 0.29) is 16.4 Å². The van der Waals surface area contributed by atoms with Gasteiger partial charge in [-0.25, -0.2) is 8.42 Å². The summed E-state index contributed by atoms with van der Waals surface area (Å²) < 4.78 is 24.0. The maximum absolute atomic E-state index is 12.0. The average molecular weight is 281 g/mol. The largest absolute Gasteiger partial charge is 0.315 e. The van der Waals surface area contributed by atoms with Gasteiger partial charge in [0.1, 0.15) is 0 Å². The minimum Gasteiger partial charge on any atom is -0.315 e. The second kappa shape index (κ2) is 5.25. The number of rotatable bonds is 5. The summed E-state index contributed by atoms with van der Waals surface area (Å²) in [5.74, 6) is 0.278. The molecule has 106 valence electrons. The summed E-state index contributed by atoms with van der Waals surface area (Å²) in [6.07, 6.45) is 0.712. The van der Waals surface area contributed by atoms with Gasteiger partial charge in [0, 0.05) is 18.5 Å². The zero-order chi connectivity index (χ0) is 14.1. The average Bonchev–Trinajstić information content (AvgIpc) is 2.29. The third kappa shape index (κ3) is 3.00. The van der Waals surface area contributed by atoms with Crippen molar-refractivity contribution in [2.24, 2.45) is 0 Å². The fourth-order valence-electron chi connectivity index (χ4n) is 2.43. The van der Waals surface area contributed by atoms with E-state index in [2.05, 4.69) is 36.5 Å². The Balaban J connectivity index is 2.14. The predicted molar refractivity (Wildman–Crippen MR) is 79.3 cm³/mol. The third-order valence-corrected chi connectivity index (χ3v) is 6.38. The van der Waals surface area contributed by atoms with Gasteiger partial charge in [-0.05, 0) is 32.8 Å². The maximum atomic E-state index is 12.0. The molecule has 0 radical (unpaired) electrons. The first-order valence-corrected chi connectivity index (χ1v) is 8.57. The Bertz CT molecular complexity index is 528. The molecule has 1 aromatic carbocycles. The zero-order valence-electron chi connectivity index (χ0n) is 11.9. The molecule has 2 rings (SSSR count). The molecule has 0 atom stereocenters. The quantitative estimate of drug-likeness (QED) is 0.898. The lowest BCUT2D eigenvalue weighted by atomic mass is 9.73. The van der Waals surface area contributed by atoms with Crippen LogP contribution in [0.4, 0.5) is 0 Å². The summed E-state index contributed by atoms with van der Waals surface area (Å²) in [6, 6.07) is 8.48. The molecule has 1 heterocycles. The Morgan fingerprint density at radius 3 is 2.21 bits per heavy atom. The molecule has 0 unspecified atom stereocenters. The number of aryl methyl sites for hydroxylation is 1. The number of benzene rings is 1. The standard InChI is InChI=1S/C15H23NO2S/c1-12(2)19(17,18)9-8-15(10-16-11-15)14-6-4-13(3)5-7-14/h4-7,12,16H,8-11H2,1-3H3. The molecule has 0 saturated carbocycles. The first-order valence-electron chi connectivity index (χ1n) is 6.85. The fraction of sp³-hybridized carbons (Fsp3) is 0.600. The normalized spacial score (nSPS) is 18.3. The second-order valence-corrected chi connectivity index (χ2v) is 8.59. The van der Waals surface area contributed by atoms with Crippen molar-refractivity contribution < 1.29 is 8.42 Å². The smallest absolute Gasteiger partial charge is 0.152 e. The molecule has 1 aromatic rings. The SMILES string of the molecule is Cc1ccc(C2(CCS(=O)(=O)C(C)C)CNC2)cc1. The summed E-state index contributed by atoms with van der Waals surface area (Å²) in [5, 5.41) is 3.00. The highest BCUT2D eigenvalue weighted by molar-refractivity contribution is 7.91. The van der Waals surface area contributed by atoms with Gasteiger partial charge in [-0.3, -0.25) is 0 Å². The first kappa shape index (κ1) is 14.5. The van der Waals surface area contributed by atoms with E-state index in [4.69, 9.17) is 0 Å². The van der Waals surface area contributed by atoms with Crippen LogP contribution in [0.1, 0.15) is 31.4 Å². The van der Waals surface area contributed by atoms with Gasteiger partial charge in [0.05, 0.1) is 11.0 Å². The summed E-state index contributed by atoms with van der Waals surface area (Å²) in [4.78, 5) is 0. The van der Waals surface area contributed by atoms with Gasteiger partial charge in [-0.15, -0.1) is 0 Å². The van der Waals surface area contributed by atoms with Crippen molar-refractivity contribution in [3.63, 3.8) is 0 Å². The molecule has 1 aliphatic heterocycles. The van der Waals surface area contributed by atoms with Crippen molar-refractivity contribution >= 4 is 9.84 Å². The molecule has 1 aliphatic rings. The van der Waals surface area contributed by atoms with Crippen molar-refractivity contribution in [2.75, 3.05) is 18.8 Å². The van der Waals surface area contributed by atoms with Gasteiger partial charge in [0.2, 0.25) is 0 Å². The van der Waals surface area contributed by atoms with Crippen LogP contribution in [0.15, 0.2) is 24.3 Å². The van der Waals surface area contributed by atoms with E-state index < -0.39 is 9.84 Å². The molecule has 1 saturated heterocycles. The van der Waals surface area contributed by atoms with E-state index in [0.717, 1.165) is 13.1 Å². The lowest BCUT2D eigenvalue weighted by Crippen LogP contribution is -2.57. The van der Waals surface area contributed by atoms with Gasteiger partial charge in [-0.2, -0.15) is 0 Å². The predicted octanol–water partition coefficient (Wildman–Crippen LogP) is 2.05. The molecule has 0 amide bonds. The maximum Gasteiger partial charge on any atom is 0.152 e. The van der Waals surface area contributed by atoms with Crippen LogP contribution in [0.2, 0.25) is 0 Å². The number of sulfone groups is 1. The lowest BCUT2D eigenvalue weighted by molar-refractivity contribution is 0.268. The topological polar surface area (TPSA) is 46.2 Å².